The maximum Gasteiger partial charge on any atom is 0.315 e. The van der Waals surface area contributed by atoms with Crippen LogP contribution in [0.5, 0.6) is 0 Å². The first-order valence-corrected chi connectivity index (χ1v) is 12.0. The molecule has 176 valence electrons. The van der Waals surface area contributed by atoms with Crippen molar-refractivity contribution in [3.05, 3.63) is 53.0 Å². The highest BCUT2D eigenvalue weighted by Crippen LogP contribution is 2.43. The molecule has 1 atom stereocenters. The zero-order chi connectivity index (χ0) is 23.5. The number of carbonyl (C=O) groups excluding carboxylic acids is 2. The van der Waals surface area contributed by atoms with Crippen molar-refractivity contribution in [1.82, 2.24) is 30.8 Å². The second-order valence-corrected chi connectivity index (χ2v) is 9.75. The van der Waals surface area contributed by atoms with Crippen molar-refractivity contribution >= 4 is 29.0 Å². The zero-order valence-corrected chi connectivity index (χ0v) is 19.2. The highest BCUT2D eigenvalue weighted by molar-refractivity contribution is 7.15. The van der Waals surface area contributed by atoms with Crippen LogP contribution < -0.4 is 16.0 Å². The Morgan fingerprint density at radius 2 is 2.12 bits per heavy atom. The molecule has 0 bridgehead atoms. The fourth-order valence-electron chi connectivity index (χ4n) is 4.29. The van der Waals surface area contributed by atoms with E-state index in [0.29, 0.717) is 43.1 Å². The number of thiazole rings is 1. The Morgan fingerprint density at radius 3 is 2.79 bits per heavy atom. The number of hydrogen-bond acceptors (Lipinski definition) is 8. The van der Waals surface area contributed by atoms with Gasteiger partial charge in [-0.3, -0.25) is 9.78 Å². The Labute approximate surface area is 199 Å². The number of aromatic nitrogens is 4. The van der Waals surface area contributed by atoms with Gasteiger partial charge < -0.3 is 16.0 Å². The van der Waals surface area contributed by atoms with Crippen LogP contribution in [0.3, 0.4) is 0 Å². The highest BCUT2D eigenvalue weighted by atomic mass is 32.1. The van der Waals surface area contributed by atoms with Crippen molar-refractivity contribution in [2.75, 3.05) is 18.4 Å². The van der Waals surface area contributed by atoms with Gasteiger partial charge in [0.2, 0.25) is 0 Å². The topological polar surface area (TPSA) is 122 Å². The number of halogens is 1. The molecule has 1 saturated carbocycles. The summed E-state index contributed by atoms with van der Waals surface area (Å²) in [4.78, 5) is 33.1. The minimum Gasteiger partial charge on any atom is -0.368 e. The van der Waals surface area contributed by atoms with Gasteiger partial charge in [0.05, 0.1) is 5.69 Å². The highest BCUT2D eigenvalue weighted by Gasteiger charge is 2.41. The van der Waals surface area contributed by atoms with Crippen LogP contribution in [0.25, 0.3) is 10.7 Å². The molecule has 1 aliphatic heterocycles. The second kappa shape index (κ2) is 9.41. The van der Waals surface area contributed by atoms with E-state index in [1.54, 1.807) is 18.5 Å². The molecule has 0 aromatic carbocycles. The van der Waals surface area contributed by atoms with E-state index in [1.165, 1.54) is 17.4 Å². The molecule has 3 aromatic rings. The van der Waals surface area contributed by atoms with E-state index < -0.39 is 6.04 Å². The predicted molar refractivity (Wildman–Crippen MR) is 125 cm³/mol. The molecule has 4 heterocycles. The quantitative estimate of drug-likeness (QED) is 0.430. The Balaban J connectivity index is 1.17. The van der Waals surface area contributed by atoms with Crippen molar-refractivity contribution in [2.45, 2.75) is 43.6 Å². The minimum absolute atomic E-state index is 0.00154. The monoisotopic (exact) mass is 481 g/mol. The van der Waals surface area contributed by atoms with E-state index in [1.807, 2.05) is 12.1 Å². The lowest BCUT2D eigenvalue weighted by atomic mass is 9.66. The molecule has 3 N–H and O–H groups in total. The third-order valence-electron chi connectivity index (χ3n) is 6.40. The number of anilines is 1. The number of ketones is 1. The summed E-state index contributed by atoms with van der Waals surface area (Å²) < 4.78 is 14.3. The van der Waals surface area contributed by atoms with Crippen LogP contribution in [0.4, 0.5) is 15.0 Å². The van der Waals surface area contributed by atoms with E-state index in [0.717, 1.165) is 29.1 Å². The normalized spacial score (nSPS) is 18.6. The molecule has 1 saturated heterocycles. The molecule has 0 radical (unpaired) electrons. The summed E-state index contributed by atoms with van der Waals surface area (Å²) in [6.45, 7) is 0.876. The molecule has 3 aromatic heterocycles. The lowest BCUT2D eigenvalue weighted by molar-refractivity contribution is -0.120. The first kappa shape index (κ1) is 22.3. The van der Waals surface area contributed by atoms with Crippen molar-refractivity contribution in [3.8, 4) is 10.7 Å². The summed E-state index contributed by atoms with van der Waals surface area (Å²) in [6, 6.07) is 5.98. The van der Waals surface area contributed by atoms with Gasteiger partial charge in [-0.25, -0.2) is 14.2 Å². The Kier molecular flexibility index (Phi) is 6.18. The Bertz CT molecular complexity index is 1200. The zero-order valence-electron chi connectivity index (χ0n) is 18.4. The maximum atomic E-state index is 14.3. The number of amides is 2. The number of urea groups is 1. The first-order chi connectivity index (χ1) is 16.5. The Hall–Kier alpha value is -3.47. The molecular weight excluding hydrogens is 457 g/mol. The minimum atomic E-state index is -0.459. The number of Topliss-reactive ketones (excluding diaryl/α,β-unsaturated/α-hetero) is 1. The van der Waals surface area contributed by atoms with Gasteiger partial charge in [0.15, 0.2) is 5.78 Å². The predicted octanol–water partition coefficient (Wildman–Crippen LogP) is 2.85. The lowest BCUT2D eigenvalue weighted by Gasteiger charge is -2.41. The van der Waals surface area contributed by atoms with Crippen molar-refractivity contribution in [3.63, 3.8) is 0 Å². The third-order valence-corrected chi connectivity index (χ3v) is 7.47. The molecule has 9 nitrogen and oxygen atoms in total. The number of carbonyl (C=O) groups is 2. The molecule has 2 fully saturated rings. The number of pyridine rings is 1. The van der Waals surface area contributed by atoms with Gasteiger partial charge in [0.1, 0.15) is 28.4 Å². The molecule has 2 aliphatic rings. The van der Waals surface area contributed by atoms with E-state index in [2.05, 4.69) is 36.1 Å². The van der Waals surface area contributed by atoms with Gasteiger partial charge in [0.25, 0.3) is 0 Å². The molecule has 0 spiro atoms. The summed E-state index contributed by atoms with van der Waals surface area (Å²) in [5.74, 6) is 0.343. The second-order valence-electron chi connectivity index (χ2n) is 8.63. The average molecular weight is 482 g/mol. The standard InChI is InChI=1S/C23H24FN7O2S/c24-15-3-1-10-25-20(15)23(8-2-9-23)13-28-19-7-5-16(30-31-19)21-26-11-14(34-21)4-6-18(32)17-12-27-22(33)29-17/h1,3,5,7,10-11,17H,2,4,6,8-9,12-13H2,(H,28,31)(H2,27,29,33)/t17-/m0/s1. The van der Waals surface area contributed by atoms with Gasteiger partial charge in [-0.15, -0.1) is 21.5 Å². The molecule has 0 unspecified atom stereocenters. The fraction of sp³-hybridized carbons (Fsp3) is 0.391. The van der Waals surface area contributed by atoms with Gasteiger partial charge in [0, 0.05) is 42.2 Å². The van der Waals surface area contributed by atoms with Crippen molar-refractivity contribution in [2.24, 2.45) is 0 Å². The van der Waals surface area contributed by atoms with Crippen LogP contribution in [0.2, 0.25) is 0 Å². The number of hydrogen-bond donors (Lipinski definition) is 3. The van der Waals surface area contributed by atoms with Crippen LogP contribution in [-0.2, 0) is 16.6 Å². The molecule has 34 heavy (non-hydrogen) atoms. The van der Waals surface area contributed by atoms with Crippen LogP contribution in [0, 0.1) is 5.82 Å². The van der Waals surface area contributed by atoms with E-state index >= 15 is 0 Å². The number of nitrogens with zero attached hydrogens (tertiary/aromatic N) is 4. The molecule has 2 amide bonds. The van der Waals surface area contributed by atoms with Gasteiger partial charge in [-0.2, -0.15) is 0 Å². The number of aryl methyl sites for hydroxylation is 1. The number of rotatable bonds is 9. The number of nitrogens with one attached hydrogen (secondary N) is 3. The molecule has 1 aliphatic carbocycles. The third kappa shape index (κ3) is 4.60. The summed E-state index contributed by atoms with van der Waals surface area (Å²) >= 11 is 1.47. The smallest absolute Gasteiger partial charge is 0.315 e. The van der Waals surface area contributed by atoms with E-state index in [-0.39, 0.29) is 23.0 Å². The fourth-order valence-corrected chi connectivity index (χ4v) is 5.17. The van der Waals surface area contributed by atoms with Gasteiger partial charge in [-0.1, -0.05) is 6.42 Å². The summed E-state index contributed by atoms with van der Waals surface area (Å²) in [5, 5.41) is 17.8. The van der Waals surface area contributed by atoms with Crippen molar-refractivity contribution < 1.29 is 14.0 Å². The van der Waals surface area contributed by atoms with Gasteiger partial charge in [-0.05, 0) is 43.5 Å². The summed E-state index contributed by atoms with van der Waals surface area (Å²) in [6.07, 6.45) is 7.08. The van der Waals surface area contributed by atoms with Crippen LogP contribution in [0.15, 0.2) is 36.7 Å². The van der Waals surface area contributed by atoms with Crippen LogP contribution in [-0.4, -0.2) is 51.1 Å². The van der Waals surface area contributed by atoms with Crippen molar-refractivity contribution in [1.29, 1.82) is 0 Å². The summed E-state index contributed by atoms with van der Waals surface area (Å²) in [7, 11) is 0. The van der Waals surface area contributed by atoms with Crippen LogP contribution >= 0.6 is 11.3 Å². The largest absolute Gasteiger partial charge is 0.368 e. The first-order valence-electron chi connectivity index (χ1n) is 11.2. The van der Waals surface area contributed by atoms with E-state index in [9.17, 15) is 14.0 Å². The Morgan fingerprint density at radius 1 is 1.24 bits per heavy atom. The van der Waals surface area contributed by atoms with Crippen LogP contribution in [0.1, 0.15) is 36.3 Å². The summed E-state index contributed by atoms with van der Waals surface area (Å²) in [5.41, 5.74) is 0.846. The lowest BCUT2D eigenvalue weighted by Crippen LogP contribution is -2.42. The average Bonchev–Trinajstić information content (AvgIpc) is 3.47. The SMILES string of the molecule is O=C1NC[C@@H](C(=O)CCc2cnc(-c3ccc(NCC4(c5ncccc5F)CCC4)nn3)s2)N1. The van der Waals surface area contributed by atoms with E-state index in [4.69, 9.17) is 0 Å². The molecule has 11 heteroatoms. The molecular formula is C23H24FN7O2S. The maximum absolute atomic E-state index is 14.3. The molecule has 5 rings (SSSR count). The van der Waals surface area contributed by atoms with Gasteiger partial charge >= 0.3 is 6.03 Å².